The first-order chi connectivity index (χ1) is 11.7. The lowest BCUT2D eigenvalue weighted by Gasteiger charge is -2.04. The zero-order valence-corrected chi connectivity index (χ0v) is 12.6. The molecule has 0 aliphatic carbocycles. The van der Waals surface area contributed by atoms with E-state index in [1.54, 1.807) is 24.5 Å². The van der Waals surface area contributed by atoms with Gasteiger partial charge in [-0.25, -0.2) is 9.78 Å². The van der Waals surface area contributed by atoms with Gasteiger partial charge >= 0.3 is 5.97 Å². The molecule has 0 saturated heterocycles. The van der Waals surface area contributed by atoms with Crippen LogP contribution in [0.3, 0.4) is 0 Å². The van der Waals surface area contributed by atoms with Crippen LogP contribution in [0.1, 0.15) is 10.4 Å². The maximum atomic E-state index is 10.9. The SMILES string of the molecule is O=C(O)c1ccc(-c2ccc(-c3nc4cnccc4[nH]3)cc2)cc1. The Labute approximate surface area is 137 Å². The molecule has 116 valence electrons. The molecule has 2 heterocycles. The Morgan fingerprint density at radius 1 is 0.875 bits per heavy atom. The summed E-state index contributed by atoms with van der Waals surface area (Å²) < 4.78 is 0. The van der Waals surface area contributed by atoms with Crippen LogP contribution in [0.5, 0.6) is 0 Å². The number of carboxylic acid groups (broad SMARTS) is 1. The molecule has 0 aliphatic rings. The van der Waals surface area contributed by atoms with Gasteiger partial charge in [0.15, 0.2) is 0 Å². The van der Waals surface area contributed by atoms with Gasteiger partial charge in [0.1, 0.15) is 11.3 Å². The van der Waals surface area contributed by atoms with Crippen LogP contribution >= 0.6 is 0 Å². The smallest absolute Gasteiger partial charge is 0.335 e. The molecule has 5 heteroatoms. The summed E-state index contributed by atoms with van der Waals surface area (Å²) in [5.41, 5.74) is 5.05. The van der Waals surface area contributed by atoms with Crippen LogP contribution in [0.2, 0.25) is 0 Å². The van der Waals surface area contributed by atoms with Gasteiger partial charge < -0.3 is 10.1 Å². The van der Waals surface area contributed by atoms with Gasteiger partial charge in [0.25, 0.3) is 0 Å². The summed E-state index contributed by atoms with van der Waals surface area (Å²) in [5, 5.41) is 8.95. The van der Waals surface area contributed by atoms with Gasteiger partial charge in [-0.3, -0.25) is 4.98 Å². The molecule has 2 aromatic carbocycles. The maximum Gasteiger partial charge on any atom is 0.335 e. The van der Waals surface area contributed by atoms with E-state index < -0.39 is 5.97 Å². The molecule has 0 amide bonds. The van der Waals surface area contributed by atoms with Crippen LogP contribution in [0.15, 0.2) is 67.0 Å². The van der Waals surface area contributed by atoms with Crippen molar-refractivity contribution in [3.63, 3.8) is 0 Å². The van der Waals surface area contributed by atoms with Crippen molar-refractivity contribution in [3.8, 4) is 22.5 Å². The minimum atomic E-state index is -0.920. The van der Waals surface area contributed by atoms with E-state index in [4.69, 9.17) is 5.11 Å². The quantitative estimate of drug-likeness (QED) is 0.599. The highest BCUT2D eigenvalue weighted by Crippen LogP contribution is 2.25. The molecule has 0 bridgehead atoms. The summed E-state index contributed by atoms with van der Waals surface area (Å²) in [4.78, 5) is 22.8. The van der Waals surface area contributed by atoms with Gasteiger partial charge in [-0.1, -0.05) is 36.4 Å². The van der Waals surface area contributed by atoms with Gasteiger partial charge in [-0.05, 0) is 29.3 Å². The van der Waals surface area contributed by atoms with Crippen molar-refractivity contribution in [1.82, 2.24) is 15.0 Å². The van der Waals surface area contributed by atoms with Crippen LogP contribution in [0.4, 0.5) is 0 Å². The molecule has 0 aliphatic heterocycles. The Hall–Kier alpha value is -3.47. The van der Waals surface area contributed by atoms with E-state index >= 15 is 0 Å². The first-order valence-corrected chi connectivity index (χ1v) is 7.44. The maximum absolute atomic E-state index is 10.9. The number of nitrogens with zero attached hydrogens (tertiary/aromatic N) is 2. The van der Waals surface area contributed by atoms with Crippen LogP contribution in [0, 0.1) is 0 Å². The van der Waals surface area contributed by atoms with Crippen LogP contribution in [0.25, 0.3) is 33.5 Å². The second kappa shape index (κ2) is 5.62. The second-order valence-electron chi connectivity index (χ2n) is 5.44. The third kappa shape index (κ3) is 2.52. The zero-order valence-electron chi connectivity index (χ0n) is 12.6. The number of carbonyl (C=O) groups is 1. The Balaban J connectivity index is 1.65. The predicted octanol–water partition coefficient (Wildman–Crippen LogP) is 3.99. The van der Waals surface area contributed by atoms with Gasteiger partial charge in [-0.15, -0.1) is 0 Å². The Bertz CT molecular complexity index is 986. The third-order valence-corrected chi connectivity index (χ3v) is 3.91. The summed E-state index contributed by atoms with van der Waals surface area (Å²) >= 11 is 0. The Morgan fingerprint density at radius 2 is 1.50 bits per heavy atom. The monoisotopic (exact) mass is 315 g/mol. The molecule has 4 aromatic rings. The highest BCUT2D eigenvalue weighted by atomic mass is 16.4. The Kier molecular flexibility index (Phi) is 3.31. The lowest BCUT2D eigenvalue weighted by Crippen LogP contribution is -1.94. The van der Waals surface area contributed by atoms with E-state index in [9.17, 15) is 4.79 Å². The number of aromatic nitrogens is 3. The number of aromatic carboxylic acids is 1. The molecule has 5 nitrogen and oxygen atoms in total. The van der Waals surface area contributed by atoms with E-state index in [1.807, 2.05) is 42.5 Å². The van der Waals surface area contributed by atoms with E-state index in [0.29, 0.717) is 0 Å². The van der Waals surface area contributed by atoms with Crippen molar-refractivity contribution >= 4 is 17.0 Å². The largest absolute Gasteiger partial charge is 0.478 e. The van der Waals surface area contributed by atoms with Crippen molar-refractivity contribution in [3.05, 3.63) is 72.6 Å². The molecule has 2 aromatic heterocycles. The van der Waals surface area contributed by atoms with Gasteiger partial charge in [0.05, 0.1) is 17.3 Å². The number of aromatic amines is 1. The number of hydrogen-bond donors (Lipinski definition) is 2. The van der Waals surface area contributed by atoms with E-state index in [2.05, 4.69) is 15.0 Å². The Morgan fingerprint density at radius 3 is 2.12 bits per heavy atom. The number of hydrogen-bond acceptors (Lipinski definition) is 3. The average Bonchev–Trinajstić information content (AvgIpc) is 3.06. The number of nitrogens with one attached hydrogen (secondary N) is 1. The third-order valence-electron chi connectivity index (χ3n) is 3.91. The fourth-order valence-electron chi connectivity index (χ4n) is 2.62. The second-order valence-corrected chi connectivity index (χ2v) is 5.44. The molecule has 2 N–H and O–H groups in total. The van der Waals surface area contributed by atoms with Crippen molar-refractivity contribution in [1.29, 1.82) is 0 Å². The van der Waals surface area contributed by atoms with Gasteiger partial charge in [0, 0.05) is 11.8 Å². The van der Waals surface area contributed by atoms with Crippen molar-refractivity contribution in [2.24, 2.45) is 0 Å². The highest BCUT2D eigenvalue weighted by molar-refractivity contribution is 5.88. The van der Waals surface area contributed by atoms with Gasteiger partial charge in [0.2, 0.25) is 0 Å². The summed E-state index contributed by atoms with van der Waals surface area (Å²) in [6.07, 6.45) is 3.46. The molecule has 0 unspecified atom stereocenters. The first kappa shape index (κ1) is 14.1. The molecule has 0 fully saturated rings. The van der Waals surface area contributed by atoms with Crippen LogP contribution < -0.4 is 0 Å². The fraction of sp³-hybridized carbons (Fsp3) is 0. The zero-order chi connectivity index (χ0) is 16.5. The fourth-order valence-corrected chi connectivity index (χ4v) is 2.62. The van der Waals surface area contributed by atoms with Crippen LogP contribution in [-0.2, 0) is 0 Å². The number of fused-ring (bicyclic) bond motifs is 1. The van der Waals surface area contributed by atoms with Crippen molar-refractivity contribution in [2.45, 2.75) is 0 Å². The lowest BCUT2D eigenvalue weighted by molar-refractivity contribution is 0.0697. The lowest BCUT2D eigenvalue weighted by atomic mass is 10.0. The average molecular weight is 315 g/mol. The number of rotatable bonds is 3. The molecule has 0 radical (unpaired) electrons. The molecular weight excluding hydrogens is 302 g/mol. The van der Waals surface area contributed by atoms with E-state index in [0.717, 1.165) is 33.5 Å². The van der Waals surface area contributed by atoms with E-state index in [1.165, 1.54) is 0 Å². The van der Waals surface area contributed by atoms with Crippen molar-refractivity contribution < 1.29 is 9.90 Å². The number of H-pyrrole nitrogens is 1. The molecule has 4 rings (SSSR count). The summed E-state index contributed by atoms with van der Waals surface area (Å²) in [7, 11) is 0. The molecule has 0 atom stereocenters. The molecular formula is C19H13N3O2. The number of imidazole rings is 1. The summed E-state index contributed by atoms with van der Waals surface area (Å²) in [5.74, 6) is -0.123. The number of benzene rings is 2. The predicted molar refractivity (Wildman–Crippen MR) is 91.7 cm³/mol. The van der Waals surface area contributed by atoms with Gasteiger partial charge in [-0.2, -0.15) is 0 Å². The molecule has 24 heavy (non-hydrogen) atoms. The number of pyridine rings is 1. The minimum absolute atomic E-state index is 0.284. The molecule has 0 spiro atoms. The van der Waals surface area contributed by atoms with Crippen molar-refractivity contribution in [2.75, 3.05) is 0 Å². The normalized spacial score (nSPS) is 10.8. The summed E-state index contributed by atoms with van der Waals surface area (Å²) in [6.45, 7) is 0. The van der Waals surface area contributed by atoms with E-state index in [-0.39, 0.29) is 5.56 Å². The number of carboxylic acids is 1. The summed E-state index contributed by atoms with van der Waals surface area (Å²) in [6, 6.07) is 16.7. The van der Waals surface area contributed by atoms with Crippen LogP contribution in [-0.4, -0.2) is 26.0 Å². The minimum Gasteiger partial charge on any atom is -0.478 e. The first-order valence-electron chi connectivity index (χ1n) is 7.44. The standard InChI is InChI=1S/C19H13N3O2/c23-19(24)15-7-3-13(4-8-15)12-1-5-14(6-2-12)18-21-16-9-10-20-11-17(16)22-18/h1-11H,(H,21,22)(H,23,24). The topological polar surface area (TPSA) is 78.9 Å². The highest BCUT2D eigenvalue weighted by Gasteiger charge is 2.07. The molecule has 0 saturated carbocycles.